The van der Waals surface area contributed by atoms with E-state index >= 15 is 0 Å². The van der Waals surface area contributed by atoms with Gasteiger partial charge in [0.2, 0.25) is 0 Å². The molecule has 5 nitrogen and oxygen atoms in total. The van der Waals surface area contributed by atoms with Gasteiger partial charge < -0.3 is 4.57 Å². The number of thiazole rings is 1. The molecular formula is C22H21ClN4OS. The van der Waals surface area contributed by atoms with Crippen molar-refractivity contribution in [2.24, 2.45) is 0 Å². The van der Waals surface area contributed by atoms with Crippen molar-refractivity contribution in [3.05, 3.63) is 76.8 Å². The monoisotopic (exact) mass is 424 g/mol. The van der Waals surface area contributed by atoms with E-state index in [-0.39, 0.29) is 5.91 Å². The third-order valence-corrected chi connectivity index (χ3v) is 6.01. The van der Waals surface area contributed by atoms with E-state index in [9.17, 15) is 4.79 Å². The van der Waals surface area contributed by atoms with Crippen molar-refractivity contribution < 1.29 is 4.79 Å². The van der Waals surface area contributed by atoms with Gasteiger partial charge >= 0.3 is 0 Å². The number of benzene rings is 2. The topological polar surface area (TPSA) is 51.0 Å². The molecule has 4 aromatic rings. The fraction of sp³-hybridized carbons (Fsp3) is 0.227. The molecule has 4 rings (SSSR count). The molecule has 1 amide bonds. The summed E-state index contributed by atoms with van der Waals surface area (Å²) in [5.74, 6) is -0.0431. The van der Waals surface area contributed by atoms with Crippen molar-refractivity contribution >= 4 is 44.2 Å². The van der Waals surface area contributed by atoms with Crippen molar-refractivity contribution in [1.82, 2.24) is 14.5 Å². The minimum absolute atomic E-state index is 0.0431. The number of carbonyl (C=O) groups is 1. The average Bonchev–Trinajstić information content (AvgIpc) is 3.35. The Morgan fingerprint density at radius 3 is 2.72 bits per heavy atom. The van der Waals surface area contributed by atoms with Gasteiger partial charge in [-0.25, -0.2) is 9.97 Å². The van der Waals surface area contributed by atoms with E-state index in [1.54, 1.807) is 17.4 Å². The van der Waals surface area contributed by atoms with Gasteiger partial charge in [0.1, 0.15) is 0 Å². The van der Waals surface area contributed by atoms with Crippen LogP contribution in [-0.2, 0) is 6.54 Å². The predicted octanol–water partition coefficient (Wildman–Crippen LogP) is 5.50. The van der Waals surface area contributed by atoms with Crippen LogP contribution in [0.15, 0.2) is 55.1 Å². The van der Waals surface area contributed by atoms with Gasteiger partial charge in [0, 0.05) is 36.1 Å². The standard InChI is InChI=1S/C22H21ClN4OS/c1-15-4-6-17(7-5-15)21(28)27(10-3-9-26-11-8-24-14-26)22-25-20-16(2)12-18(23)13-19(20)29-22/h4-8,11-14H,3,9-10H2,1-2H3. The van der Waals surface area contributed by atoms with Gasteiger partial charge in [0.15, 0.2) is 5.13 Å². The number of hydrogen-bond acceptors (Lipinski definition) is 4. The van der Waals surface area contributed by atoms with E-state index in [4.69, 9.17) is 16.6 Å². The zero-order chi connectivity index (χ0) is 20.4. The second-order valence-electron chi connectivity index (χ2n) is 7.04. The number of aromatic nitrogens is 3. The second kappa shape index (κ2) is 8.35. The summed E-state index contributed by atoms with van der Waals surface area (Å²) in [7, 11) is 0. The molecule has 0 radical (unpaired) electrons. The Labute approximate surface area is 178 Å². The molecule has 0 bridgehead atoms. The molecule has 0 aliphatic carbocycles. The zero-order valence-corrected chi connectivity index (χ0v) is 17.9. The molecule has 0 saturated carbocycles. The first kappa shape index (κ1) is 19.6. The zero-order valence-electron chi connectivity index (χ0n) is 16.3. The van der Waals surface area contributed by atoms with Gasteiger partial charge in [0.25, 0.3) is 5.91 Å². The van der Waals surface area contributed by atoms with Crippen LogP contribution in [0.5, 0.6) is 0 Å². The number of nitrogens with zero attached hydrogens (tertiary/aromatic N) is 4. The molecule has 0 unspecified atom stereocenters. The molecule has 0 aliphatic heterocycles. The van der Waals surface area contributed by atoms with Gasteiger partial charge in [-0.05, 0) is 50.1 Å². The number of carbonyl (C=O) groups excluding carboxylic acids is 1. The van der Waals surface area contributed by atoms with E-state index in [1.807, 2.05) is 61.0 Å². The van der Waals surface area contributed by atoms with Crippen molar-refractivity contribution in [2.45, 2.75) is 26.8 Å². The van der Waals surface area contributed by atoms with E-state index in [0.717, 1.165) is 34.3 Å². The number of aryl methyl sites for hydroxylation is 3. The lowest BCUT2D eigenvalue weighted by Crippen LogP contribution is -2.32. The quantitative estimate of drug-likeness (QED) is 0.410. The maximum Gasteiger partial charge on any atom is 0.260 e. The van der Waals surface area contributed by atoms with Gasteiger partial charge in [-0.1, -0.05) is 40.6 Å². The highest BCUT2D eigenvalue weighted by Gasteiger charge is 2.21. The Hall–Kier alpha value is -2.70. The Kier molecular flexibility index (Phi) is 5.65. The SMILES string of the molecule is Cc1ccc(C(=O)N(CCCn2ccnc2)c2nc3c(C)cc(Cl)cc3s2)cc1. The van der Waals surface area contributed by atoms with Crippen LogP contribution >= 0.6 is 22.9 Å². The van der Waals surface area contributed by atoms with E-state index in [0.29, 0.717) is 22.3 Å². The average molecular weight is 425 g/mol. The number of anilines is 1. The molecule has 2 aromatic carbocycles. The number of rotatable bonds is 6. The van der Waals surface area contributed by atoms with Gasteiger partial charge in [-0.3, -0.25) is 9.69 Å². The van der Waals surface area contributed by atoms with Crippen LogP contribution in [0.2, 0.25) is 5.02 Å². The molecule has 0 N–H and O–H groups in total. The summed E-state index contributed by atoms with van der Waals surface area (Å²) in [6.45, 7) is 5.35. The largest absolute Gasteiger partial charge is 0.337 e. The van der Waals surface area contributed by atoms with Crippen LogP contribution in [0.4, 0.5) is 5.13 Å². The smallest absolute Gasteiger partial charge is 0.260 e. The Morgan fingerprint density at radius 1 is 1.21 bits per heavy atom. The summed E-state index contributed by atoms with van der Waals surface area (Å²) >= 11 is 7.71. The first-order valence-electron chi connectivity index (χ1n) is 9.42. The highest BCUT2D eigenvalue weighted by Crippen LogP contribution is 2.33. The van der Waals surface area contributed by atoms with Crippen molar-refractivity contribution in [3.8, 4) is 0 Å². The maximum atomic E-state index is 13.3. The summed E-state index contributed by atoms with van der Waals surface area (Å²) in [5, 5.41) is 1.38. The molecule has 2 heterocycles. The summed E-state index contributed by atoms with van der Waals surface area (Å²) in [6, 6.07) is 11.5. The molecule has 7 heteroatoms. The molecule has 2 aromatic heterocycles. The molecule has 0 fully saturated rings. The van der Waals surface area contributed by atoms with Crippen LogP contribution in [-0.4, -0.2) is 27.0 Å². The number of fused-ring (bicyclic) bond motifs is 1. The first-order valence-corrected chi connectivity index (χ1v) is 10.6. The van der Waals surface area contributed by atoms with Gasteiger partial charge in [-0.2, -0.15) is 0 Å². The van der Waals surface area contributed by atoms with Gasteiger partial charge in [0.05, 0.1) is 16.5 Å². The summed E-state index contributed by atoms with van der Waals surface area (Å²) < 4.78 is 3.00. The Morgan fingerprint density at radius 2 is 2.00 bits per heavy atom. The first-order chi connectivity index (χ1) is 14.0. The number of halogens is 1. The van der Waals surface area contributed by atoms with Crippen LogP contribution < -0.4 is 4.90 Å². The summed E-state index contributed by atoms with van der Waals surface area (Å²) in [5.41, 5.74) is 3.69. The minimum atomic E-state index is -0.0431. The van der Waals surface area contributed by atoms with Crippen LogP contribution in [0.1, 0.15) is 27.9 Å². The molecular weight excluding hydrogens is 404 g/mol. The van der Waals surface area contributed by atoms with E-state index < -0.39 is 0 Å². The minimum Gasteiger partial charge on any atom is -0.337 e. The molecule has 0 spiro atoms. The number of hydrogen-bond donors (Lipinski definition) is 0. The molecule has 0 aliphatic rings. The highest BCUT2D eigenvalue weighted by atomic mass is 35.5. The molecule has 148 valence electrons. The summed E-state index contributed by atoms with van der Waals surface area (Å²) in [6.07, 6.45) is 6.27. The maximum absolute atomic E-state index is 13.3. The van der Waals surface area contributed by atoms with Gasteiger partial charge in [-0.15, -0.1) is 0 Å². The van der Waals surface area contributed by atoms with E-state index in [1.165, 1.54) is 11.3 Å². The van der Waals surface area contributed by atoms with Crippen molar-refractivity contribution in [1.29, 1.82) is 0 Å². The normalized spacial score (nSPS) is 11.1. The lowest BCUT2D eigenvalue weighted by Gasteiger charge is -2.20. The van der Waals surface area contributed by atoms with E-state index in [2.05, 4.69) is 4.98 Å². The summed E-state index contributed by atoms with van der Waals surface area (Å²) in [4.78, 5) is 24.0. The predicted molar refractivity (Wildman–Crippen MR) is 119 cm³/mol. The second-order valence-corrected chi connectivity index (χ2v) is 8.49. The van der Waals surface area contributed by atoms with Crippen LogP contribution in [0.3, 0.4) is 0 Å². The third kappa shape index (κ3) is 4.33. The number of imidazole rings is 1. The van der Waals surface area contributed by atoms with Crippen molar-refractivity contribution in [2.75, 3.05) is 11.4 Å². The Balaban J connectivity index is 1.66. The molecule has 0 saturated heterocycles. The molecule has 0 atom stereocenters. The molecule has 29 heavy (non-hydrogen) atoms. The lowest BCUT2D eigenvalue weighted by molar-refractivity contribution is 0.0986. The Bertz CT molecular complexity index is 1140. The van der Waals surface area contributed by atoms with Crippen molar-refractivity contribution in [3.63, 3.8) is 0 Å². The number of amides is 1. The third-order valence-electron chi connectivity index (χ3n) is 4.77. The highest BCUT2D eigenvalue weighted by molar-refractivity contribution is 7.22. The fourth-order valence-electron chi connectivity index (χ4n) is 3.22. The van der Waals surface area contributed by atoms with Crippen LogP contribution in [0.25, 0.3) is 10.2 Å². The van der Waals surface area contributed by atoms with Crippen LogP contribution in [0, 0.1) is 13.8 Å². The lowest BCUT2D eigenvalue weighted by atomic mass is 10.1. The fourth-order valence-corrected chi connectivity index (χ4v) is 4.67.